The molecule has 1 unspecified atom stereocenters. The Morgan fingerprint density at radius 3 is 2.39 bits per heavy atom. The Bertz CT molecular complexity index is 1080. The van der Waals surface area contributed by atoms with Crippen LogP contribution in [0.2, 0.25) is 0 Å². The molecule has 31 heavy (non-hydrogen) atoms. The highest BCUT2D eigenvalue weighted by molar-refractivity contribution is 7.89. The van der Waals surface area contributed by atoms with Crippen LogP contribution in [0.4, 0.5) is 0 Å². The van der Waals surface area contributed by atoms with E-state index < -0.39 is 34.6 Å². The van der Waals surface area contributed by atoms with Gasteiger partial charge < -0.3 is 14.8 Å². The van der Waals surface area contributed by atoms with Crippen molar-refractivity contribution in [2.45, 2.75) is 24.5 Å². The number of nitriles is 1. The molecule has 0 aromatic heterocycles. The minimum Gasteiger partial charge on any atom is -0.479 e. The molecule has 1 N–H and O–H groups in total. The van der Waals surface area contributed by atoms with Gasteiger partial charge in [-0.05, 0) is 42.8 Å². The number of amides is 1. The average molecular weight is 445 g/mol. The van der Waals surface area contributed by atoms with Crippen molar-refractivity contribution in [3.05, 3.63) is 59.7 Å². The van der Waals surface area contributed by atoms with Crippen molar-refractivity contribution in [3.63, 3.8) is 0 Å². The van der Waals surface area contributed by atoms with Gasteiger partial charge in [-0.15, -0.1) is 0 Å². The summed E-state index contributed by atoms with van der Waals surface area (Å²) in [6.07, 6.45) is -0.966. The van der Waals surface area contributed by atoms with Gasteiger partial charge in [0.1, 0.15) is 5.75 Å². The predicted molar refractivity (Wildman–Crippen MR) is 111 cm³/mol. The molecule has 2 rings (SSSR count). The number of carbonyl (C=O) groups excluding carboxylic acids is 2. The number of benzene rings is 2. The molecular formula is C21H23N3O6S. The summed E-state index contributed by atoms with van der Waals surface area (Å²) in [7, 11) is -0.821. The van der Waals surface area contributed by atoms with Crippen LogP contribution in [0, 0.1) is 11.3 Å². The van der Waals surface area contributed by atoms with Gasteiger partial charge in [-0.1, -0.05) is 18.2 Å². The van der Waals surface area contributed by atoms with Gasteiger partial charge in [0, 0.05) is 20.6 Å². The largest absolute Gasteiger partial charge is 0.479 e. The Labute approximate surface area is 181 Å². The minimum absolute atomic E-state index is 0.0447. The van der Waals surface area contributed by atoms with Gasteiger partial charge in [-0.2, -0.15) is 5.26 Å². The standard InChI is InChI=1S/C21H23N3O6S/c1-15(30-18-10-8-16(12-22)9-11-18)21(26)29-14-20(25)23-13-17-6-4-5-7-19(17)31(27,28)24(2)3/h4-11,15H,13-14H2,1-3H3,(H,23,25). The van der Waals surface area contributed by atoms with Gasteiger partial charge in [0.05, 0.1) is 16.5 Å². The smallest absolute Gasteiger partial charge is 0.347 e. The molecule has 1 amide bonds. The molecule has 0 radical (unpaired) electrons. The van der Waals surface area contributed by atoms with E-state index in [2.05, 4.69) is 5.32 Å². The molecule has 0 aliphatic heterocycles. The number of hydrogen-bond donors (Lipinski definition) is 1. The molecule has 0 spiro atoms. The van der Waals surface area contributed by atoms with E-state index in [1.807, 2.05) is 6.07 Å². The summed E-state index contributed by atoms with van der Waals surface area (Å²) in [6, 6.07) is 14.5. The van der Waals surface area contributed by atoms with Crippen molar-refractivity contribution in [1.29, 1.82) is 5.26 Å². The fourth-order valence-corrected chi connectivity index (χ4v) is 3.57. The highest BCUT2D eigenvalue weighted by Crippen LogP contribution is 2.18. The molecule has 2 aromatic carbocycles. The Hall–Kier alpha value is -3.42. The quantitative estimate of drug-likeness (QED) is 0.579. The van der Waals surface area contributed by atoms with Crippen LogP contribution in [0.1, 0.15) is 18.1 Å². The highest BCUT2D eigenvalue weighted by atomic mass is 32.2. The first kappa shape index (κ1) is 23.9. The van der Waals surface area contributed by atoms with Crippen molar-refractivity contribution >= 4 is 21.9 Å². The number of carbonyl (C=O) groups is 2. The lowest BCUT2D eigenvalue weighted by atomic mass is 10.2. The Morgan fingerprint density at radius 1 is 1.13 bits per heavy atom. The first-order valence-electron chi connectivity index (χ1n) is 9.25. The SMILES string of the molecule is CC(Oc1ccc(C#N)cc1)C(=O)OCC(=O)NCc1ccccc1S(=O)(=O)N(C)C. The third-order valence-electron chi connectivity index (χ3n) is 4.18. The second kappa shape index (κ2) is 10.6. The summed E-state index contributed by atoms with van der Waals surface area (Å²) in [5, 5.41) is 11.3. The second-order valence-electron chi connectivity index (χ2n) is 6.68. The van der Waals surface area contributed by atoms with Gasteiger partial charge in [0.25, 0.3) is 5.91 Å². The Kier molecular flexibility index (Phi) is 8.13. The van der Waals surface area contributed by atoms with E-state index >= 15 is 0 Å². The monoisotopic (exact) mass is 445 g/mol. The molecule has 0 saturated carbocycles. The summed E-state index contributed by atoms with van der Waals surface area (Å²) < 4.78 is 36.2. The summed E-state index contributed by atoms with van der Waals surface area (Å²) in [5.41, 5.74) is 0.868. The normalized spacial score (nSPS) is 12.0. The van der Waals surface area contributed by atoms with E-state index in [-0.39, 0.29) is 11.4 Å². The van der Waals surface area contributed by atoms with Gasteiger partial charge in [-0.25, -0.2) is 17.5 Å². The predicted octanol–water partition coefficient (Wildman–Crippen LogP) is 1.44. The van der Waals surface area contributed by atoms with Crippen LogP contribution in [-0.2, 0) is 30.9 Å². The maximum absolute atomic E-state index is 12.4. The molecule has 9 nitrogen and oxygen atoms in total. The summed E-state index contributed by atoms with van der Waals surface area (Å²) in [4.78, 5) is 24.2. The van der Waals surface area contributed by atoms with E-state index in [4.69, 9.17) is 14.7 Å². The molecule has 0 saturated heterocycles. The van der Waals surface area contributed by atoms with Crippen LogP contribution < -0.4 is 10.1 Å². The van der Waals surface area contributed by atoms with Crippen LogP contribution in [0.15, 0.2) is 53.4 Å². The molecule has 1 atom stereocenters. The van der Waals surface area contributed by atoms with Crippen LogP contribution in [-0.4, -0.2) is 51.4 Å². The fourth-order valence-electron chi connectivity index (χ4n) is 2.46. The van der Waals surface area contributed by atoms with Crippen LogP contribution in [0.25, 0.3) is 0 Å². The topological polar surface area (TPSA) is 126 Å². The first-order valence-corrected chi connectivity index (χ1v) is 10.7. The van der Waals surface area contributed by atoms with Crippen LogP contribution in [0.3, 0.4) is 0 Å². The maximum Gasteiger partial charge on any atom is 0.347 e. The zero-order valence-corrected chi connectivity index (χ0v) is 18.2. The van der Waals surface area contributed by atoms with E-state index in [1.165, 1.54) is 27.1 Å². The number of ether oxygens (including phenoxy) is 2. The molecule has 164 valence electrons. The molecule has 2 aromatic rings. The summed E-state index contributed by atoms with van der Waals surface area (Å²) in [6.45, 7) is 0.889. The Morgan fingerprint density at radius 2 is 1.77 bits per heavy atom. The zero-order valence-electron chi connectivity index (χ0n) is 17.4. The van der Waals surface area contributed by atoms with Gasteiger partial charge >= 0.3 is 5.97 Å². The molecule has 0 bridgehead atoms. The number of sulfonamides is 1. The molecule has 0 heterocycles. The van der Waals surface area contributed by atoms with E-state index in [9.17, 15) is 18.0 Å². The number of hydrogen-bond acceptors (Lipinski definition) is 7. The number of nitrogens with one attached hydrogen (secondary N) is 1. The lowest BCUT2D eigenvalue weighted by Crippen LogP contribution is -2.33. The van der Waals surface area contributed by atoms with E-state index in [1.54, 1.807) is 42.5 Å². The molecule has 0 fully saturated rings. The second-order valence-corrected chi connectivity index (χ2v) is 8.80. The lowest BCUT2D eigenvalue weighted by molar-refractivity contribution is -0.154. The number of nitrogens with zero attached hydrogens (tertiary/aromatic N) is 2. The van der Waals surface area contributed by atoms with Crippen molar-refractivity contribution < 1.29 is 27.5 Å². The average Bonchev–Trinajstić information content (AvgIpc) is 2.76. The maximum atomic E-state index is 12.4. The van der Waals surface area contributed by atoms with Crippen molar-refractivity contribution in [1.82, 2.24) is 9.62 Å². The third-order valence-corrected chi connectivity index (χ3v) is 6.10. The van der Waals surface area contributed by atoms with Gasteiger partial charge in [0.2, 0.25) is 10.0 Å². The third kappa shape index (κ3) is 6.53. The molecule has 10 heteroatoms. The number of rotatable bonds is 9. The van der Waals surface area contributed by atoms with E-state index in [0.717, 1.165) is 4.31 Å². The van der Waals surface area contributed by atoms with Crippen LogP contribution >= 0.6 is 0 Å². The first-order chi connectivity index (χ1) is 14.6. The van der Waals surface area contributed by atoms with E-state index in [0.29, 0.717) is 16.9 Å². The Balaban J connectivity index is 1.87. The molecule has 0 aliphatic rings. The fraction of sp³-hybridized carbons (Fsp3) is 0.286. The lowest BCUT2D eigenvalue weighted by Gasteiger charge is -2.16. The number of esters is 1. The van der Waals surface area contributed by atoms with Gasteiger partial charge in [0.15, 0.2) is 12.7 Å². The summed E-state index contributed by atoms with van der Waals surface area (Å²) >= 11 is 0. The zero-order chi connectivity index (χ0) is 23.0. The molecule has 0 aliphatic carbocycles. The van der Waals surface area contributed by atoms with Crippen molar-refractivity contribution in [3.8, 4) is 11.8 Å². The highest BCUT2D eigenvalue weighted by Gasteiger charge is 2.21. The van der Waals surface area contributed by atoms with Crippen molar-refractivity contribution in [2.24, 2.45) is 0 Å². The summed E-state index contributed by atoms with van der Waals surface area (Å²) in [5.74, 6) is -0.947. The van der Waals surface area contributed by atoms with Gasteiger partial charge in [-0.3, -0.25) is 4.79 Å². The van der Waals surface area contributed by atoms with Crippen molar-refractivity contribution in [2.75, 3.05) is 20.7 Å². The van der Waals surface area contributed by atoms with Crippen LogP contribution in [0.5, 0.6) is 5.75 Å². The minimum atomic E-state index is -3.66. The molecular weight excluding hydrogens is 422 g/mol.